The van der Waals surface area contributed by atoms with Gasteiger partial charge in [-0.05, 0) is 31.5 Å². The molecule has 1 unspecified atom stereocenters. The predicted octanol–water partition coefficient (Wildman–Crippen LogP) is 2.34. The van der Waals surface area contributed by atoms with Gasteiger partial charge in [0.1, 0.15) is 0 Å². The van der Waals surface area contributed by atoms with Gasteiger partial charge in [0.25, 0.3) is 15.0 Å². The maximum atomic E-state index is 12.1. The van der Waals surface area contributed by atoms with Gasteiger partial charge in [0, 0.05) is 34.4 Å². The van der Waals surface area contributed by atoms with Gasteiger partial charge in [0.15, 0.2) is 0 Å². The molecular weight excluding hydrogens is 325 g/mol. The SMILES string of the molecule is COCC(C)NC(=O)c1cc(Cl)cc(S(=O)(=O)Cl)c1C. The van der Waals surface area contributed by atoms with Crippen LogP contribution in [0.15, 0.2) is 17.0 Å². The number of carbonyl (C=O) groups excluding carboxylic acids is 1. The smallest absolute Gasteiger partial charge is 0.261 e. The van der Waals surface area contributed by atoms with Crippen molar-refractivity contribution < 1.29 is 17.9 Å². The molecule has 5 nitrogen and oxygen atoms in total. The van der Waals surface area contributed by atoms with Crippen molar-refractivity contribution in [1.82, 2.24) is 5.32 Å². The van der Waals surface area contributed by atoms with Crippen molar-refractivity contribution in [3.63, 3.8) is 0 Å². The van der Waals surface area contributed by atoms with Gasteiger partial charge in [0.05, 0.1) is 11.5 Å². The highest BCUT2D eigenvalue weighted by atomic mass is 35.7. The van der Waals surface area contributed by atoms with Gasteiger partial charge in [-0.2, -0.15) is 0 Å². The van der Waals surface area contributed by atoms with Crippen molar-refractivity contribution in [2.75, 3.05) is 13.7 Å². The summed E-state index contributed by atoms with van der Waals surface area (Å²) < 4.78 is 27.8. The molecule has 1 aromatic carbocycles. The Hall–Kier alpha value is -0.820. The van der Waals surface area contributed by atoms with Crippen LogP contribution in [-0.4, -0.2) is 34.1 Å². The van der Waals surface area contributed by atoms with Crippen LogP contribution in [0.1, 0.15) is 22.8 Å². The average Bonchev–Trinajstić information content (AvgIpc) is 2.30. The van der Waals surface area contributed by atoms with Crippen molar-refractivity contribution >= 4 is 37.2 Å². The zero-order chi connectivity index (χ0) is 15.5. The van der Waals surface area contributed by atoms with Gasteiger partial charge in [0.2, 0.25) is 0 Å². The number of carbonyl (C=O) groups is 1. The predicted molar refractivity (Wildman–Crippen MR) is 78.0 cm³/mol. The summed E-state index contributed by atoms with van der Waals surface area (Å²) in [4.78, 5) is 11.9. The van der Waals surface area contributed by atoms with E-state index in [1.54, 1.807) is 6.92 Å². The van der Waals surface area contributed by atoms with Gasteiger partial charge in [-0.15, -0.1) is 0 Å². The maximum absolute atomic E-state index is 12.1. The van der Waals surface area contributed by atoms with E-state index in [1.807, 2.05) is 0 Å². The lowest BCUT2D eigenvalue weighted by Gasteiger charge is -2.15. The summed E-state index contributed by atoms with van der Waals surface area (Å²) in [5, 5.41) is 2.81. The molecule has 1 atom stereocenters. The van der Waals surface area contributed by atoms with E-state index < -0.39 is 15.0 Å². The number of benzene rings is 1. The third-order valence-electron chi connectivity index (χ3n) is 2.63. The summed E-state index contributed by atoms with van der Waals surface area (Å²) in [6.07, 6.45) is 0. The molecular formula is C12H15Cl2NO4S. The van der Waals surface area contributed by atoms with Gasteiger partial charge < -0.3 is 10.1 Å². The van der Waals surface area contributed by atoms with Gasteiger partial charge in [-0.1, -0.05) is 11.6 Å². The molecule has 0 fully saturated rings. The van der Waals surface area contributed by atoms with Crippen LogP contribution in [0.5, 0.6) is 0 Å². The first-order valence-electron chi connectivity index (χ1n) is 5.71. The van der Waals surface area contributed by atoms with E-state index in [1.165, 1.54) is 26.2 Å². The molecule has 1 aromatic rings. The second-order valence-electron chi connectivity index (χ2n) is 4.34. The second kappa shape index (κ2) is 6.76. The standard InChI is InChI=1S/C12H15Cl2NO4S/c1-7(6-19-3)15-12(16)10-4-9(13)5-11(8(10)2)20(14,17)18/h4-5,7H,6H2,1-3H3,(H,15,16). The Bertz CT molecular complexity index is 616. The molecule has 112 valence electrons. The average molecular weight is 340 g/mol. The molecule has 1 N–H and O–H groups in total. The molecule has 1 rings (SSSR count). The molecule has 8 heteroatoms. The van der Waals surface area contributed by atoms with Gasteiger partial charge in [-0.25, -0.2) is 8.42 Å². The van der Waals surface area contributed by atoms with Crippen LogP contribution in [0.25, 0.3) is 0 Å². The van der Waals surface area contributed by atoms with E-state index in [2.05, 4.69) is 5.32 Å². The van der Waals surface area contributed by atoms with E-state index in [0.717, 1.165) is 0 Å². The fourth-order valence-corrected chi connectivity index (χ4v) is 3.24. The minimum Gasteiger partial charge on any atom is -0.383 e. The molecule has 20 heavy (non-hydrogen) atoms. The van der Waals surface area contributed by atoms with Gasteiger partial charge in [-0.3, -0.25) is 4.79 Å². The molecule has 0 aliphatic carbocycles. The summed E-state index contributed by atoms with van der Waals surface area (Å²) in [6.45, 7) is 3.61. The number of methoxy groups -OCH3 is 1. The lowest BCUT2D eigenvalue weighted by atomic mass is 10.1. The molecule has 0 aromatic heterocycles. The third-order valence-corrected chi connectivity index (χ3v) is 4.29. The Morgan fingerprint density at radius 2 is 2.05 bits per heavy atom. The highest BCUT2D eigenvalue weighted by Gasteiger charge is 2.21. The first-order chi connectivity index (χ1) is 9.16. The molecule has 0 spiro atoms. The number of halogens is 2. The van der Waals surface area contributed by atoms with E-state index >= 15 is 0 Å². The van der Waals surface area contributed by atoms with Crippen LogP contribution >= 0.6 is 22.3 Å². The van der Waals surface area contributed by atoms with E-state index in [-0.39, 0.29) is 27.1 Å². The summed E-state index contributed by atoms with van der Waals surface area (Å²) in [5.41, 5.74) is 0.422. The second-order valence-corrected chi connectivity index (χ2v) is 7.31. The Kier molecular flexibility index (Phi) is 5.82. The van der Waals surface area contributed by atoms with Crippen LogP contribution < -0.4 is 5.32 Å². The molecule has 0 radical (unpaired) electrons. The number of ether oxygens (including phenoxy) is 1. The maximum Gasteiger partial charge on any atom is 0.261 e. The number of hydrogen-bond acceptors (Lipinski definition) is 4. The lowest BCUT2D eigenvalue weighted by Crippen LogP contribution is -2.36. The van der Waals surface area contributed by atoms with Crippen molar-refractivity contribution in [2.45, 2.75) is 24.8 Å². The molecule has 1 amide bonds. The Balaban J connectivity index is 3.19. The monoisotopic (exact) mass is 339 g/mol. The Morgan fingerprint density at radius 3 is 2.55 bits per heavy atom. The van der Waals surface area contributed by atoms with Crippen molar-refractivity contribution in [1.29, 1.82) is 0 Å². The van der Waals surface area contributed by atoms with Crippen molar-refractivity contribution in [3.05, 3.63) is 28.3 Å². The fourth-order valence-electron chi connectivity index (χ4n) is 1.74. The Morgan fingerprint density at radius 1 is 1.45 bits per heavy atom. The van der Waals surface area contributed by atoms with Crippen LogP contribution in [0, 0.1) is 6.92 Å². The number of nitrogens with one attached hydrogen (secondary N) is 1. The van der Waals surface area contributed by atoms with Crippen LogP contribution in [0.2, 0.25) is 5.02 Å². The summed E-state index contributed by atoms with van der Waals surface area (Å²) in [7, 11) is 2.88. The minimum absolute atomic E-state index is 0.124. The minimum atomic E-state index is -3.97. The van der Waals surface area contributed by atoms with E-state index in [0.29, 0.717) is 6.61 Å². The zero-order valence-corrected chi connectivity index (χ0v) is 13.6. The molecule has 0 heterocycles. The molecule has 0 saturated carbocycles. The normalized spacial score (nSPS) is 13.1. The molecule has 0 bridgehead atoms. The highest BCUT2D eigenvalue weighted by Crippen LogP contribution is 2.27. The summed E-state index contributed by atoms with van der Waals surface area (Å²) >= 11 is 5.84. The van der Waals surface area contributed by atoms with Crippen molar-refractivity contribution in [3.8, 4) is 0 Å². The number of rotatable bonds is 5. The summed E-state index contributed by atoms with van der Waals surface area (Å²) in [6, 6.07) is 2.40. The van der Waals surface area contributed by atoms with Crippen LogP contribution in [0.3, 0.4) is 0 Å². The number of amides is 1. The third kappa shape index (κ3) is 4.34. The lowest BCUT2D eigenvalue weighted by molar-refractivity contribution is 0.0904. The molecule has 0 aliphatic heterocycles. The van der Waals surface area contributed by atoms with Crippen LogP contribution in [-0.2, 0) is 13.8 Å². The quantitative estimate of drug-likeness (QED) is 0.835. The van der Waals surface area contributed by atoms with Crippen LogP contribution in [0.4, 0.5) is 0 Å². The molecule has 0 aliphatic rings. The first-order valence-corrected chi connectivity index (χ1v) is 8.40. The highest BCUT2D eigenvalue weighted by molar-refractivity contribution is 8.13. The number of hydrogen-bond donors (Lipinski definition) is 1. The van der Waals surface area contributed by atoms with E-state index in [9.17, 15) is 13.2 Å². The fraction of sp³-hybridized carbons (Fsp3) is 0.417. The van der Waals surface area contributed by atoms with Gasteiger partial charge >= 0.3 is 0 Å². The van der Waals surface area contributed by atoms with Crippen molar-refractivity contribution in [2.24, 2.45) is 0 Å². The van der Waals surface area contributed by atoms with E-state index in [4.69, 9.17) is 27.0 Å². The molecule has 0 saturated heterocycles. The topological polar surface area (TPSA) is 72.5 Å². The first kappa shape index (κ1) is 17.2. The largest absolute Gasteiger partial charge is 0.383 e. The zero-order valence-electron chi connectivity index (χ0n) is 11.2. The Labute approximate surface area is 127 Å². The summed E-state index contributed by atoms with van der Waals surface area (Å²) in [5.74, 6) is -0.434.